The van der Waals surface area contributed by atoms with Gasteiger partial charge in [-0.2, -0.15) is 0 Å². The molecule has 1 N–H and O–H groups in total. The third kappa shape index (κ3) is 2.21. The monoisotopic (exact) mass is 219 g/mol. The highest BCUT2D eigenvalue weighted by Gasteiger charge is 2.29. The Kier molecular flexibility index (Phi) is 2.90. The minimum Gasteiger partial charge on any atom is -0.497 e. The summed E-state index contributed by atoms with van der Waals surface area (Å²) in [5.74, 6) is 0.954. The number of hydrazone groups is 1. The van der Waals surface area contributed by atoms with Gasteiger partial charge < -0.3 is 4.74 Å². The van der Waals surface area contributed by atoms with Gasteiger partial charge in [0.15, 0.2) is 6.54 Å². The van der Waals surface area contributed by atoms with Gasteiger partial charge in [0, 0.05) is 5.56 Å². The fraction of sp³-hybridized carbons (Fsp3) is 0.333. The molecule has 16 heavy (non-hydrogen) atoms. The van der Waals surface area contributed by atoms with Crippen LogP contribution in [-0.2, 0) is 4.79 Å². The second-order valence-corrected chi connectivity index (χ2v) is 3.93. The Bertz CT molecular complexity index is 423. The van der Waals surface area contributed by atoms with E-state index in [9.17, 15) is 4.79 Å². The molecule has 0 saturated carbocycles. The van der Waals surface area contributed by atoms with Gasteiger partial charge in [-0.25, -0.2) is 0 Å². The number of nitrogens with zero attached hydrogens (tertiary/aromatic N) is 1. The van der Waals surface area contributed by atoms with Crippen LogP contribution in [-0.4, -0.2) is 30.5 Å². The lowest BCUT2D eigenvalue weighted by molar-refractivity contribution is -0.556. The summed E-state index contributed by atoms with van der Waals surface area (Å²) in [6.07, 6.45) is 1.92. The van der Waals surface area contributed by atoms with E-state index in [2.05, 4.69) is 5.43 Å². The number of hydrogen-bond acceptors (Lipinski definition) is 2. The summed E-state index contributed by atoms with van der Waals surface area (Å²) in [6, 6.07) is 7.70. The van der Waals surface area contributed by atoms with Crippen LogP contribution < -0.4 is 10.2 Å². The molecule has 4 nitrogen and oxygen atoms in total. The molecule has 0 aromatic heterocycles. The number of ether oxygens (including phenoxy) is 1. The maximum atomic E-state index is 11.3. The summed E-state index contributed by atoms with van der Waals surface area (Å²) < 4.78 is 6.89. The van der Waals surface area contributed by atoms with Gasteiger partial charge in [0.25, 0.3) is 5.91 Å². The van der Waals surface area contributed by atoms with Crippen molar-refractivity contribution in [1.82, 2.24) is 5.43 Å². The molecule has 1 heterocycles. The topological polar surface area (TPSA) is 41.3 Å². The third-order valence-electron chi connectivity index (χ3n) is 2.59. The smallest absolute Gasteiger partial charge is 0.283 e. The second-order valence-electron chi connectivity index (χ2n) is 3.93. The van der Waals surface area contributed by atoms with Crippen LogP contribution in [0, 0.1) is 5.92 Å². The molecule has 1 aliphatic rings. The lowest BCUT2D eigenvalue weighted by atomic mass is 10.2. The zero-order valence-electron chi connectivity index (χ0n) is 9.43. The van der Waals surface area contributed by atoms with E-state index in [-0.39, 0.29) is 11.8 Å². The third-order valence-corrected chi connectivity index (χ3v) is 2.59. The molecule has 2 rings (SSSR count). The molecule has 0 spiro atoms. The van der Waals surface area contributed by atoms with Gasteiger partial charge in [0.05, 0.1) is 7.11 Å². The van der Waals surface area contributed by atoms with E-state index >= 15 is 0 Å². The van der Waals surface area contributed by atoms with Gasteiger partial charge in [-0.1, -0.05) is 0 Å². The zero-order chi connectivity index (χ0) is 11.5. The first kappa shape index (κ1) is 10.7. The number of carbonyl (C=O) groups excluding carboxylic acids is 1. The highest BCUT2D eigenvalue weighted by atomic mass is 16.5. The Morgan fingerprint density at radius 1 is 1.44 bits per heavy atom. The van der Waals surface area contributed by atoms with E-state index in [0.29, 0.717) is 6.54 Å². The first-order valence-corrected chi connectivity index (χ1v) is 5.25. The van der Waals surface area contributed by atoms with Crippen LogP contribution in [0.4, 0.5) is 0 Å². The standard InChI is InChI=1S/C12H14N2O2/c1-9-7-14(13-12(9)15)8-10-3-5-11(16-2)6-4-10/h3-6,8-9H,7H2,1-2H3/p+1/b14-8+/t9-/m0/s1. The van der Waals surface area contributed by atoms with Gasteiger partial charge in [-0.05, 0) is 31.2 Å². The molecular formula is C12H15N2O2+. The zero-order valence-corrected chi connectivity index (χ0v) is 9.43. The molecule has 1 atom stereocenters. The molecule has 4 heteroatoms. The van der Waals surface area contributed by atoms with E-state index in [4.69, 9.17) is 4.74 Å². The SMILES string of the molecule is COc1ccc(/C=[N+]2\C[C@H](C)C(=O)N2)cc1. The molecule has 1 aromatic rings. The minimum atomic E-state index is 0.0505. The fourth-order valence-electron chi connectivity index (χ4n) is 1.63. The molecule has 1 amide bonds. The van der Waals surface area contributed by atoms with Crippen molar-refractivity contribution in [3.05, 3.63) is 29.8 Å². The van der Waals surface area contributed by atoms with Gasteiger partial charge >= 0.3 is 0 Å². The molecule has 1 aromatic carbocycles. The van der Waals surface area contributed by atoms with Gasteiger partial charge in [0.2, 0.25) is 6.21 Å². The molecule has 1 saturated heterocycles. The number of amides is 1. The highest BCUT2D eigenvalue weighted by molar-refractivity contribution is 5.81. The summed E-state index contributed by atoms with van der Waals surface area (Å²) in [4.78, 5) is 11.3. The van der Waals surface area contributed by atoms with Crippen LogP contribution in [0.2, 0.25) is 0 Å². The van der Waals surface area contributed by atoms with Gasteiger partial charge in [0.1, 0.15) is 11.7 Å². The van der Waals surface area contributed by atoms with Gasteiger partial charge in [-0.3, -0.25) is 4.79 Å². The highest BCUT2D eigenvalue weighted by Crippen LogP contribution is 2.10. The number of rotatable bonds is 2. The normalized spacial score (nSPS) is 22.2. The van der Waals surface area contributed by atoms with Crippen LogP contribution in [0.1, 0.15) is 12.5 Å². The Morgan fingerprint density at radius 2 is 2.12 bits per heavy atom. The van der Waals surface area contributed by atoms with Crippen molar-refractivity contribution in [3.63, 3.8) is 0 Å². The van der Waals surface area contributed by atoms with Crippen molar-refractivity contribution in [3.8, 4) is 5.75 Å². The molecule has 84 valence electrons. The fourth-order valence-corrected chi connectivity index (χ4v) is 1.63. The Balaban J connectivity index is 2.14. The predicted octanol–water partition coefficient (Wildman–Crippen LogP) is 0.807. The molecule has 0 aliphatic carbocycles. The molecule has 0 bridgehead atoms. The average Bonchev–Trinajstić information content (AvgIpc) is 2.59. The number of methoxy groups -OCH3 is 1. The quantitative estimate of drug-likeness (QED) is 0.748. The summed E-state index contributed by atoms with van der Waals surface area (Å²) in [6.45, 7) is 2.63. The van der Waals surface area contributed by atoms with E-state index < -0.39 is 0 Å². The predicted molar refractivity (Wildman–Crippen MR) is 60.6 cm³/mol. The molecule has 1 aliphatic heterocycles. The van der Waals surface area contributed by atoms with Crippen molar-refractivity contribution in [1.29, 1.82) is 0 Å². The number of hydrazine groups is 1. The van der Waals surface area contributed by atoms with Crippen LogP contribution in [0.25, 0.3) is 0 Å². The minimum absolute atomic E-state index is 0.0505. The number of hydrogen-bond donors (Lipinski definition) is 1. The Labute approximate surface area is 94.5 Å². The molecular weight excluding hydrogens is 204 g/mol. The van der Waals surface area contributed by atoms with E-state index in [1.807, 2.05) is 42.1 Å². The van der Waals surface area contributed by atoms with Crippen LogP contribution in [0.15, 0.2) is 24.3 Å². The van der Waals surface area contributed by atoms with Crippen molar-refractivity contribution in [2.24, 2.45) is 5.92 Å². The number of benzene rings is 1. The van der Waals surface area contributed by atoms with E-state index in [1.165, 1.54) is 0 Å². The summed E-state index contributed by atoms with van der Waals surface area (Å²) >= 11 is 0. The maximum absolute atomic E-state index is 11.3. The van der Waals surface area contributed by atoms with Crippen molar-refractivity contribution in [2.45, 2.75) is 6.92 Å². The first-order valence-electron chi connectivity index (χ1n) is 5.25. The maximum Gasteiger partial charge on any atom is 0.283 e. The van der Waals surface area contributed by atoms with Crippen LogP contribution >= 0.6 is 0 Å². The lowest BCUT2D eigenvalue weighted by Gasteiger charge is -1.98. The Morgan fingerprint density at radius 3 is 2.62 bits per heavy atom. The lowest BCUT2D eigenvalue weighted by Crippen LogP contribution is -2.25. The summed E-state index contributed by atoms with van der Waals surface area (Å²) in [7, 11) is 1.64. The van der Waals surface area contributed by atoms with E-state index in [1.54, 1.807) is 7.11 Å². The van der Waals surface area contributed by atoms with Gasteiger partial charge in [-0.15, -0.1) is 10.1 Å². The second kappa shape index (κ2) is 4.35. The number of carbonyl (C=O) groups is 1. The van der Waals surface area contributed by atoms with Crippen molar-refractivity contribution < 1.29 is 14.2 Å². The first-order chi connectivity index (χ1) is 7.69. The molecule has 0 radical (unpaired) electrons. The molecule has 1 fully saturated rings. The van der Waals surface area contributed by atoms with Crippen molar-refractivity contribution in [2.75, 3.05) is 13.7 Å². The van der Waals surface area contributed by atoms with Crippen LogP contribution in [0.3, 0.4) is 0 Å². The average molecular weight is 219 g/mol. The summed E-state index contributed by atoms with van der Waals surface area (Å²) in [5, 5.41) is 0. The number of nitrogens with one attached hydrogen (secondary N) is 1. The molecule has 0 unspecified atom stereocenters. The van der Waals surface area contributed by atoms with Crippen molar-refractivity contribution >= 4 is 12.1 Å². The summed E-state index contributed by atoms with van der Waals surface area (Å²) in [5.41, 5.74) is 3.83. The largest absolute Gasteiger partial charge is 0.497 e. The van der Waals surface area contributed by atoms with E-state index in [0.717, 1.165) is 11.3 Å². The Hall–Kier alpha value is -1.84. The van der Waals surface area contributed by atoms with Crippen LogP contribution in [0.5, 0.6) is 5.75 Å².